The molecule has 1 aromatic heterocycles. The molecule has 0 fully saturated rings. The lowest BCUT2D eigenvalue weighted by molar-refractivity contribution is 0.0863. The fourth-order valence-electron chi connectivity index (χ4n) is 1.21. The summed E-state index contributed by atoms with van der Waals surface area (Å²) in [5, 5.41) is 17.3. The van der Waals surface area contributed by atoms with Gasteiger partial charge in [-0.3, -0.25) is 0 Å². The van der Waals surface area contributed by atoms with Gasteiger partial charge in [-0.25, -0.2) is 0 Å². The molecule has 1 N–H and O–H groups in total. The molecule has 0 aliphatic carbocycles. The lowest BCUT2D eigenvalue weighted by atomic mass is 10.1. The predicted molar refractivity (Wildman–Crippen MR) is 58.0 cm³/mol. The van der Waals surface area contributed by atoms with Crippen LogP contribution >= 0.6 is 11.6 Å². The summed E-state index contributed by atoms with van der Waals surface area (Å²) < 4.78 is 5.29. The first-order valence-corrected chi connectivity index (χ1v) is 5.35. The Labute approximate surface area is 94.0 Å². The molecule has 0 saturated heterocycles. The van der Waals surface area contributed by atoms with Crippen LogP contribution in [0.5, 0.6) is 0 Å². The van der Waals surface area contributed by atoms with Gasteiger partial charge in [0, 0.05) is 6.54 Å². The molecule has 0 saturated carbocycles. The number of anilines is 1. The summed E-state index contributed by atoms with van der Waals surface area (Å²) in [5.41, 5.74) is -0.800. The molecule has 0 spiro atoms. The maximum Gasteiger partial charge on any atom is 0.318 e. The van der Waals surface area contributed by atoms with Crippen molar-refractivity contribution < 1.29 is 9.52 Å². The number of alkyl halides is 1. The van der Waals surface area contributed by atoms with E-state index in [1.54, 1.807) is 13.8 Å². The van der Waals surface area contributed by atoms with Crippen molar-refractivity contribution in [3.05, 3.63) is 5.89 Å². The normalized spacial score (nSPS) is 11.8. The maximum atomic E-state index is 9.69. The van der Waals surface area contributed by atoms with Crippen LogP contribution < -0.4 is 4.90 Å². The number of nitrogens with zero attached hydrogens (tertiary/aromatic N) is 3. The van der Waals surface area contributed by atoms with E-state index in [9.17, 15) is 5.11 Å². The third-order valence-electron chi connectivity index (χ3n) is 1.80. The summed E-state index contributed by atoms with van der Waals surface area (Å²) in [5.74, 6) is 0.591. The Hall–Kier alpha value is -0.810. The van der Waals surface area contributed by atoms with E-state index in [0.29, 0.717) is 25.0 Å². The molecule has 1 aromatic rings. The van der Waals surface area contributed by atoms with E-state index in [1.165, 1.54) is 0 Å². The van der Waals surface area contributed by atoms with Gasteiger partial charge in [-0.2, -0.15) is 0 Å². The Bertz CT molecular complexity index is 309. The summed E-state index contributed by atoms with van der Waals surface area (Å²) in [4.78, 5) is 1.81. The number of rotatable bonds is 5. The number of halogens is 1. The topological polar surface area (TPSA) is 62.4 Å². The van der Waals surface area contributed by atoms with Crippen molar-refractivity contribution in [3.63, 3.8) is 0 Å². The standard InChI is InChI=1S/C9H16ClN3O2/c1-4-13(6-9(2,3)14)8-12-11-7(5-10)15-8/h14H,4-6H2,1-3H3. The van der Waals surface area contributed by atoms with Crippen LogP contribution in [0.2, 0.25) is 0 Å². The molecule has 6 heteroatoms. The fourth-order valence-corrected chi connectivity index (χ4v) is 1.32. The lowest BCUT2D eigenvalue weighted by Gasteiger charge is -2.26. The SMILES string of the molecule is CCN(CC(C)(C)O)c1nnc(CCl)o1. The van der Waals surface area contributed by atoms with Crippen LogP contribution in [0.3, 0.4) is 0 Å². The first kappa shape index (κ1) is 12.3. The molecule has 5 nitrogen and oxygen atoms in total. The van der Waals surface area contributed by atoms with E-state index < -0.39 is 5.60 Å². The summed E-state index contributed by atoms with van der Waals surface area (Å²) in [6.07, 6.45) is 0. The molecule has 0 atom stereocenters. The van der Waals surface area contributed by atoms with Crippen LogP contribution in [0.15, 0.2) is 4.42 Å². The number of likely N-dealkylation sites (N-methyl/N-ethyl adjacent to an activating group) is 1. The van der Waals surface area contributed by atoms with Crippen LogP contribution in [-0.4, -0.2) is 34.0 Å². The van der Waals surface area contributed by atoms with Crippen LogP contribution in [0.4, 0.5) is 6.01 Å². The van der Waals surface area contributed by atoms with Crippen molar-refractivity contribution >= 4 is 17.6 Å². The van der Waals surface area contributed by atoms with Gasteiger partial charge in [-0.1, -0.05) is 5.10 Å². The molecule has 1 rings (SSSR count). The van der Waals surface area contributed by atoms with Crippen molar-refractivity contribution in [1.82, 2.24) is 10.2 Å². The zero-order chi connectivity index (χ0) is 11.5. The quantitative estimate of drug-likeness (QED) is 0.779. The van der Waals surface area contributed by atoms with E-state index in [1.807, 2.05) is 11.8 Å². The monoisotopic (exact) mass is 233 g/mol. The summed E-state index contributed by atoms with van der Waals surface area (Å²) in [7, 11) is 0. The number of hydrogen-bond acceptors (Lipinski definition) is 5. The molecule has 0 amide bonds. The molecule has 15 heavy (non-hydrogen) atoms. The van der Waals surface area contributed by atoms with E-state index in [0.717, 1.165) is 0 Å². The Balaban J connectivity index is 2.74. The van der Waals surface area contributed by atoms with Gasteiger partial charge in [0.1, 0.15) is 5.88 Å². The van der Waals surface area contributed by atoms with Gasteiger partial charge in [-0.05, 0) is 20.8 Å². The molecular formula is C9H16ClN3O2. The lowest BCUT2D eigenvalue weighted by Crippen LogP contribution is -2.38. The maximum absolute atomic E-state index is 9.69. The summed E-state index contributed by atoms with van der Waals surface area (Å²) >= 11 is 5.56. The first-order valence-electron chi connectivity index (χ1n) is 4.82. The molecule has 0 aliphatic rings. The van der Waals surface area contributed by atoms with Gasteiger partial charge in [0.05, 0.1) is 12.1 Å². The molecule has 1 heterocycles. The highest BCUT2D eigenvalue weighted by Gasteiger charge is 2.21. The van der Waals surface area contributed by atoms with E-state index in [2.05, 4.69) is 10.2 Å². The number of hydrogen-bond donors (Lipinski definition) is 1. The highest BCUT2D eigenvalue weighted by Crippen LogP contribution is 2.16. The summed E-state index contributed by atoms with van der Waals surface area (Å²) in [6, 6.07) is 0.398. The molecule has 0 aromatic carbocycles. The third-order valence-corrected chi connectivity index (χ3v) is 2.03. The van der Waals surface area contributed by atoms with Gasteiger partial charge in [0.15, 0.2) is 0 Å². The van der Waals surface area contributed by atoms with Gasteiger partial charge < -0.3 is 14.4 Å². The molecular weight excluding hydrogens is 218 g/mol. The third kappa shape index (κ3) is 3.68. The average Bonchev–Trinajstić information content (AvgIpc) is 2.60. The minimum Gasteiger partial charge on any atom is -0.407 e. The Morgan fingerprint density at radius 2 is 2.13 bits per heavy atom. The molecule has 0 unspecified atom stereocenters. The van der Waals surface area contributed by atoms with Gasteiger partial charge >= 0.3 is 6.01 Å². The van der Waals surface area contributed by atoms with E-state index in [-0.39, 0.29) is 5.88 Å². The zero-order valence-corrected chi connectivity index (χ0v) is 9.95. The molecule has 0 aliphatic heterocycles. The zero-order valence-electron chi connectivity index (χ0n) is 9.20. The second-order valence-electron chi connectivity index (χ2n) is 3.94. The molecule has 0 bridgehead atoms. The second kappa shape index (κ2) is 4.81. The predicted octanol–water partition coefficient (Wildman–Crippen LogP) is 1.41. The van der Waals surface area contributed by atoms with Crippen molar-refractivity contribution in [3.8, 4) is 0 Å². The van der Waals surface area contributed by atoms with Crippen LogP contribution in [-0.2, 0) is 5.88 Å². The Morgan fingerprint density at radius 1 is 1.47 bits per heavy atom. The second-order valence-corrected chi connectivity index (χ2v) is 4.21. The van der Waals surface area contributed by atoms with Crippen molar-refractivity contribution in [1.29, 1.82) is 0 Å². The first-order chi connectivity index (χ1) is 6.96. The Morgan fingerprint density at radius 3 is 2.53 bits per heavy atom. The largest absolute Gasteiger partial charge is 0.407 e. The van der Waals surface area contributed by atoms with Crippen molar-refractivity contribution in [2.24, 2.45) is 0 Å². The van der Waals surface area contributed by atoms with Crippen LogP contribution in [0.1, 0.15) is 26.7 Å². The smallest absolute Gasteiger partial charge is 0.318 e. The molecule has 0 radical (unpaired) electrons. The number of aromatic nitrogens is 2. The number of aliphatic hydroxyl groups is 1. The van der Waals surface area contributed by atoms with E-state index >= 15 is 0 Å². The van der Waals surface area contributed by atoms with Crippen molar-refractivity contribution in [2.75, 3.05) is 18.0 Å². The highest BCUT2D eigenvalue weighted by molar-refractivity contribution is 6.16. The minimum absolute atomic E-state index is 0.201. The minimum atomic E-state index is -0.800. The van der Waals surface area contributed by atoms with Crippen molar-refractivity contribution in [2.45, 2.75) is 32.3 Å². The molecule has 86 valence electrons. The van der Waals surface area contributed by atoms with Gasteiger partial charge in [-0.15, -0.1) is 16.7 Å². The van der Waals surface area contributed by atoms with Crippen LogP contribution in [0, 0.1) is 0 Å². The van der Waals surface area contributed by atoms with E-state index in [4.69, 9.17) is 16.0 Å². The highest BCUT2D eigenvalue weighted by atomic mass is 35.5. The fraction of sp³-hybridized carbons (Fsp3) is 0.778. The van der Waals surface area contributed by atoms with Crippen LogP contribution in [0.25, 0.3) is 0 Å². The summed E-state index contributed by atoms with van der Waals surface area (Å²) in [6.45, 7) is 6.54. The average molecular weight is 234 g/mol. The van der Waals surface area contributed by atoms with Gasteiger partial charge in [0.25, 0.3) is 0 Å². The Kier molecular flexibility index (Phi) is 3.93. The van der Waals surface area contributed by atoms with Gasteiger partial charge in [0.2, 0.25) is 5.89 Å².